The number of rotatable bonds is 4. The number of fused-ring (bicyclic) bond motifs is 1. The monoisotopic (exact) mass is 230 g/mol. The number of carbonyl (C=O) groups excluding carboxylic acids is 1. The van der Waals surface area contributed by atoms with Gasteiger partial charge in [0.05, 0.1) is 7.11 Å². The Labute approximate surface area is 102 Å². The average Bonchev–Trinajstić information content (AvgIpc) is 2.38. The second-order valence-corrected chi connectivity index (χ2v) is 4.45. The van der Waals surface area contributed by atoms with Crippen molar-refractivity contribution in [3.63, 3.8) is 0 Å². The van der Waals surface area contributed by atoms with Crippen LogP contribution in [0.1, 0.15) is 35.4 Å². The summed E-state index contributed by atoms with van der Waals surface area (Å²) in [4.78, 5) is 11.2. The quantitative estimate of drug-likeness (QED) is 0.587. The first-order valence-electron chi connectivity index (χ1n) is 6.06. The Bertz CT molecular complexity index is 435. The van der Waals surface area contributed by atoms with Crippen LogP contribution in [-0.2, 0) is 17.6 Å². The van der Waals surface area contributed by atoms with E-state index in [0.717, 1.165) is 43.3 Å². The molecule has 0 fully saturated rings. The predicted molar refractivity (Wildman–Crippen MR) is 68.6 cm³/mol. The van der Waals surface area contributed by atoms with Gasteiger partial charge in [0.25, 0.3) is 0 Å². The SMILES string of the molecule is C=CCc1c(OC)ccc2c1C(C=O)CCC2. The summed E-state index contributed by atoms with van der Waals surface area (Å²) < 4.78 is 5.39. The Kier molecular flexibility index (Phi) is 3.62. The van der Waals surface area contributed by atoms with E-state index in [1.807, 2.05) is 12.1 Å². The summed E-state index contributed by atoms with van der Waals surface area (Å²) in [6.45, 7) is 3.79. The molecule has 0 heterocycles. The Balaban J connectivity index is 2.58. The standard InChI is InChI=1S/C15H18O2/c1-3-5-13-14(17-2)9-8-11-6-4-7-12(10-16)15(11)13/h3,8-10,12H,1,4-7H2,2H3. The van der Waals surface area contributed by atoms with E-state index < -0.39 is 0 Å². The first kappa shape index (κ1) is 11.9. The normalized spacial score (nSPS) is 18.3. The molecule has 0 bridgehead atoms. The Morgan fingerprint density at radius 3 is 3.00 bits per heavy atom. The van der Waals surface area contributed by atoms with Crippen LogP contribution in [0.25, 0.3) is 0 Å². The predicted octanol–water partition coefficient (Wildman–Crippen LogP) is 3.04. The van der Waals surface area contributed by atoms with Crippen LogP contribution in [0, 0.1) is 0 Å². The van der Waals surface area contributed by atoms with Crippen LogP contribution >= 0.6 is 0 Å². The van der Waals surface area contributed by atoms with Crippen molar-refractivity contribution in [2.75, 3.05) is 7.11 Å². The first-order chi connectivity index (χ1) is 8.31. The maximum absolute atomic E-state index is 11.2. The number of methoxy groups -OCH3 is 1. The molecule has 2 heteroatoms. The van der Waals surface area contributed by atoms with E-state index in [1.54, 1.807) is 7.11 Å². The lowest BCUT2D eigenvalue weighted by Gasteiger charge is -2.25. The fraction of sp³-hybridized carbons (Fsp3) is 0.400. The summed E-state index contributed by atoms with van der Waals surface area (Å²) >= 11 is 0. The first-order valence-corrected chi connectivity index (χ1v) is 6.06. The minimum absolute atomic E-state index is 0.0313. The molecule has 1 unspecified atom stereocenters. The fourth-order valence-electron chi connectivity index (χ4n) is 2.71. The maximum Gasteiger partial charge on any atom is 0.127 e. The highest BCUT2D eigenvalue weighted by Gasteiger charge is 2.24. The summed E-state index contributed by atoms with van der Waals surface area (Å²) in [6.07, 6.45) is 6.81. The zero-order chi connectivity index (χ0) is 12.3. The molecular formula is C15H18O2. The van der Waals surface area contributed by atoms with E-state index in [9.17, 15) is 4.79 Å². The van der Waals surface area contributed by atoms with Gasteiger partial charge in [0.15, 0.2) is 0 Å². The lowest BCUT2D eigenvalue weighted by Crippen LogP contribution is -2.14. The van der Waals surface area contributed by atoms with Crippen LogP contribution in [0.2, 0.25) is 0 Å². The van der Waals surface area contributed by atoms with E-state index in [-0.39, 0.29) is 5.92 Å². The van der Waals surface area contributed by atoms with Gasteiger partial charge in [-0.2, -0.15) is 0 Å². The van der Waals surface area contributed by atoms with E-state index in [2.05, 4.69) is 12.6 Å². The van der Waals surface area contributed by atoms with Gasteiger partial charge >= 0.3 is 0 Å². The van der Waals surface area contributed by atoms with Crippen molar-refractivity contribution in [1.82, 2.24) is 0 Å². The average molecular weight is 230 g/mol. The third-order valence-electron chi connectivity index (χ3n) is 3.47. The molecule has 0 amide bonds. The number of benzene rings is 1. The van der Waals surface area contributed by atoms with E-state index in [1.165, 1.54) is 11.1 Å². The van der Waals surface area contributed by atoms with Gasteiger partial charge in [-0.1, -0.05) is 12.1 Å². The summed E-state index contributed by atoms with van der Waals surface area (Å²) in [5.74, 6) is 0.904. The second kappa shape index (κ2) is 5.17. The molecule has 0 spiro atoms. The summed E-state index contributed by atoms with van der Waals surface area (Å²) in [7, 11) is 1.67. The number of aryl methyl sites for hydroxylation is 1. The van der Waals surface area contributed by atoms with Gasteiger partial charge in [-0.15, -0.1) is 6.58 Å². The number of hydrogen-bond donors (Lipinski definition) is 0. The minimum atomic E-state index is 0.0313. The molecule has 2 rings (SSSR count). The van der Waals surface area contributed by atoms with Crippen molar-refractivity contribution in [2.45, 2.75) is 31.6 Å². The van der Waals surface area contributed by atoms with Gasteiger partial charge in [0.2, 0.25) is 0 Å². The molecule has 1 aliphatic carbocycles. The zero-order valence-corrected chi connectivity index (χ0v) is 10.2. The van der Waals surface area contributed by atoms with Gasteiger partial charge in [-0.3, -0.25) is 0 Å². The molecule has 1 aliphatic rings. The molecule has 0 N–H and O–H groups in total. The van der Waals surface area contributed by atoms with E-state index in [4.69, 9.17) is 4.74 Å². The Hall–Kier alpha value is -1.57. The third kappa shape index (κ3) is 2.12. The maximum atomic E-state index is 11.2. The van der Waals surface area contributed by atoms with E-state index >= 15 is 0 Å². The summed E-state index contributed by atoms with van der Waals surface area (Å²) in [5.41, 5.74) is 3.62. The number of ether oxygens (including phenoxy) is 1. The van der Waals surface area contributed by atoms with Gasteiger partial charge < -0.3 is 9.53 Å². The molecule has 1 atom stereocenters. The van der Waals surface area contributed by atoms with Gasteiger partial charge in [-0.25, -0.2) is 0 Å². The molecule has 0 saturated heterocycles. The molecule has 2 nitrogen and oxygen atoms in total. The minimum Gasteiger partial charge on any atom is -0.496 e. The van der Waals surface area contributed by atoms with Crippen LogP contribution in [0.15, 0.2) is 24.8 Å². The lowest BCUT2D eigenvalue weighted by atomic mass is 9.80. The van der Waals surface area contributed by atoms with Crippen LogP contribution in [-0.4, -0.2) is 13.4 Å². The molecule has 0 radical (unpaired) electrons. The zero-order valence-electron chi connectivity index (χ0n) is 10.2. The number of allylic oxidation sites excluding steroid dienone is 1. The van der Waals surface area contributed by atoms with Crippen molar-refractivity contribution in [3.8, 4) is 5.75 Å². The van der Waals surface area contributed by atoms with Crippen LogP contribution < -0.4 is 4.74 Å². The highest BCUT2D eigenvalue weighted by atomic mass is 16.5. The fourth-order valence-corrected chi connectivity index (χ4v) is 2.71. The van der Waals surface area contributed by atoms with Crippen molar-refractivity contribution in [3.05, 3.63) is 41.5 Å². The van der Waals surface area contributed by atoms with Gasteiger partial charge in [0, 0.05) is 11.5 Å². The van der Waals surface area contributed by atoms with Crippen LogP contribution in [0.3, 0.4) is 0 Å². The van der Waals surface area contributed by atoms with Crippen LogP contribution in [0.5, 0.6) is 5.75 Å². The summed E-state index contributed by atoms with van der Waals surface area (Å²) in [6, 6.07) is 4.10. The van der Waals surface area contributed by atoms with Crippen molar-refractivity contribution < 1.29 is 9.53 Å². The van der Waals surface area contributed by atoms with Crippen molar-refractivity contribution >= 4 is 6.29 Å². The van der Waals surface area contributed by atoms with Crippen LogP contribution in [0.4, 0.5) is 0 Å². The third-order valence-corrected chi connectivity index (χ3v) is 3.47. The van der Waals surface area contributed by atoms with E-state index in [0.29, 0.717) is 0 Å². The van der Waals surface area contributed by atoms with Crippen molar-refractivity contribution in [2.24, 2.45) is 0 Å². The smallest absolute Gasteiger partial charge is 0.127 e. The number of carbonyl (C=O) groups is 1. The van der Waals surface area contributed by atoms with Crippen molar-refractivity contribution in [1.29, 1.82) is 0 Å². The Morgan fingerprint density at radius 1 is 1.53 bits per heavy atom. The number of hydrogen-bond acceptors (Lipinski definition) is 2. The second-order valence-electron chi connectivity index (χ2n) is 4.45. The number of aldehydes is 1. The summed E-state index contributed by atoms with van der Waals surface area (Å²) in [5, 5.41) is 0. The lowest BCUT2D eigenvalue weighted by molar-refractivity contribution is -0.109. The molecule has 0 saturated carbocycles. The molecule has 1 aromatic rings. The molecular weight excluding hydrogens is 212 g/mol. The molecule has 90 valence electrons. The Morgan fingerprint density at radius 2 is 2.35 bits per heavy atom. The van der Waals surface area contributed by atoms with Gasteiger partial charge in [0.1, 0.15) is 12.0 Å². The molecule has 1 aromatic carbocycles. The molecule has 0 aliphatic heterocycles. The topological polar surface area (TPSA) is 26.3 Å². The molecule has 0 aromatic heterocycles. The largest absolute Gasteiger partial charge is 0.496 e. The highest BCUT2D eigenvalue weighted by Crippen LogP contribution is 2.37. The van der Waals surface area contributed by atoms with Gasteiger partial charge in [-0.05, 0) is 42.9 Å². The molecule has 17 heavy (non-hydrogen) atoms. The highest BCUT2D eigenvalue weighted by molar-refractivity contribution is 5.67.